The standard InChI is InChI=1S/C28H43N3O2/c1-10-21(26(3,4)5)20-16-18(2)25(32)30-24(20)31(29)15-14-27(6,7)22-13-11-12-19-17-28(8,9)33-23(19)22/h10-13,18H,14-17,29H2,1-9H3,(H,30,32)/b21-10+. The second-order valence-electron chi connectivity index (χ2n) is 12.0. The highest BCUT2D eigenvalue weighted by Gasteiger charge is 2.36. The average Bonchev–Trinajstić information content (AvgIpc) is 3.01. The number of benzene rings is 1. The van der Waals surface area contributed by atoms with Gasteiger partial charge in [0.1, 0.15) is 17.2 Å². The summed E-state index contributed by atoms with van der Waals surface area (Å²) in [6.45, 7) is 20.0. The van der Waals surface area contributed by atoms with Crippen molar-refractivity contribution in [2.75, 3.05) is 6.54 Å². The average molecular weight is 454 g/mol. The van der Waals surface area contributed by atoms with E-state index in [0.717, 1.165) is 30.0 Å². The van der Waals surface area contributed by atoms with Crippen molar-refractivity contribution >= 4 is 5.91 Å². The number of fused-ring (bicyclic) bond motifs is 1. The van der Waals surface area contributed by atoms with E-state index in [2.05, 4.69) is 85.0 Å². The number of ether oxygens (including phenoxy) is 1. The van der Waals surface area contributed by atoms with Crippen LogP contribution in [-0.2, 0) is 16.6 Å². The van der Waals surface area contributed by atoms with Crippen molar-refractivity contribution in [3.05, 3.63) is 52.4 Å². The summed E-state index contributed by atoms with van der Waals surface area (Å²) in [6, 6.07) is 6.47. The number of para-hydroxylation sites is 1. The monoisotopic (exact) mass is 453 g/mol. The van der Waals surface area contributed by atoms with Gasteiger partial charge in [-0.25, -0.2) is 5.84 Å². The van der Waals surface area contributed by atoms with Gasteiger partial charge in [-0.3, -0.25) is 9.80 Å². The van der Waals surface area contributed by atoms with Gasteiger partial charge in [0.05, 0.1) is 0 Å². The molecule has 33 heavy (non-hydrogen) atoms. The van der Waals surface area contributed by atoms with Crippen LogP contribution in [0, 0.1) is 11.3 Å². The lowest BCUT2D eigenvalue weighted by molar-refractivity contribution is -0.124. The lowest BCUT2D eigenvalue weighted by Gasteiger charge is -2.37. The molecule has 0 spiro atoms. The van der Waals surface area contributed by atoms with Crippen LogP contribution in [0.1, 0.15) is 86.3 Å². The first-order valence-corrected chi connectivity index (χ1v) is 12.2. The Kier molecular flexibility index (Phi) is 6.78. The summed E-state index contributed by atoms with van der Waals surface area (Å²) in [6.07, 6.45) is 4.61. The molecule has 0 radical (unpaired) electrons. The van der Waals surface area contributed by atoms with Gasteiger partial charge in [0.2, 0.25) is 5.91 Å². The Bertz CT molecular complexity index is 979. The first-order valence-electron chi connectivity index (χ1n) is 12.2. The molecule has 1 aromatic carbocycles. The lowest BCUT2D eigenvalue weighted by Crippen LogP contribution is -2.47. The summed E-state index contributed by atoms with van der Waals surface area (Å²) < 4.78 is 6.34. The van der Waals surface area contributed by atoms with Crippen molar-refractivity contribution in [2.24, 2.45) is 17.2 Å². The normalized spacial score (nSPS) is 21.0. The number of hydrogen-bond acceptors (Lipinski definition) is 4. The maximum atomic E-state index is 12.6. The van der Waals surface area contributed by atoms with Gasteiger partial charge in [-0.2, -0.15) is 0 Å². The Hall–Kier alpha value is -2.27. The molecule has 182 valence electrons. The Balaban J connectivity index is 1.87. The molecule has 2 aliphatic rings. The van der Waals surface area contributed by atoms with E-state index >= 15 is 0 Å². The van der Waals surface area contributed by atoms with Crippen LogP contribution >= 0.6 is 0 Å². The van der Waals surface area contributed by atoms with Crippen molar-refractivity contribution in [1.29, 1.82) is 0 Å². The van der Waals surface area contributed by atoms with E-state index in [-0.39, 0.29) is 28.3 Å². The lowest BCUT2D eigenvalue weighted by atomic mass is 9.77. The fraction of sp³-hybridized carbons (Fsp3) is 0.607. The zero-order chi connectivity index (χ0) is 24.8. The van der Waals surface area contributed by atoms with Crippen molar-refractivity contribution < 1.29 is 9.53 Å². The molecule has 0 bridgehead atoms. The molecule has 0 aromatic heterocycles. The summed E-state index contributed by atoms with van der Waals surface area (Å²) in [7, 11) is 0. The number of rotatable bonds is 6. The molecule has 0 aliphatic carbocycles. The Morgan fingerprint density at radius 1 is 1.27 bits per heavy atom. The van der Waals surface area contributed by atoms with E-state index in [1.807, 2.05) is 6.92 Å². The Morgan fingerprint density at radius 2 is 1.94 bits per heavy atom. The number of hydrazine groups is 1. The van der Waals surface area contributed by atoms with E-state index in [9.17, 15) is 4.79 Å². The fourth-order valence-electron chi connectivity index (χ4n) is 5.15. The number of carbonyl (C=O) groups excluding carboxylic acids is 1. The summed E-state index contributed by atoms with van der Waals surface area (Å²) >= 11 is 0. The van der Waals surface area contributed by atoms with Gasteiger partial charge in [0.25, 0.3) is 0 Å². The molecule has 2 aliphatic heterocycles. The molecule has 0 saturated carbocycles. The largest absolute Gasteiger partial charge is 0.487 e. The number of nitrogens with zero attached hydrogens (tertiary/aromatic N) is 1. The van der Waals surface area contributed by atoms with Crippen molar-refractivity contribution in [3.63, 3.8) is 0 Å². The Labute approximate surface area is 200 Å². The van der Waals surface area contributed by atoms with Gasteiger partial charge in [-0.05, 0) is 61.2 Å². The van der Waals surface area contributed by atoms with Gasteiger partial charge < -0.3 is 10.1 Å². The van der Waals surface area contributed by atoms with Crippen LogP contribution < -0.4 is 15.9 Å². The second kappa shape index (κ2) is 8.83. The minimum absolute atomic E-state index is 0.0318. The highest BCUT2D eigenvalue weighted by molar-refractivity contribution is 5.82. The molecule has 3 rings (SSSR count). The van der Waals surface area contributed by atoms with Gasteiger partial charge in [-0.1, -0.05) is 65.8 Å². The van der Waals surface area contributed by atoms with E-state index < -0.39 is 0 Å². The van der Waals surface area contributed by atoms with Crippen LogP contribution in [0.3, 0.4) is 0 Å². The predicted molar refractivity (Wildman–Crippen MR) is 136 cm³/mol. The number of nitrogens with two attached hydrogens (primary N) is 1. The van der Waals surface area contributed by atoms with Gasteiger partial charge in [0, 0.05) is 24.4 Å². The third kappa shape index (κ3) is 5.29. The predicted octanol–water partition coefficient (Wildman–Crippen LogP) is 5.60. The van der Waals surface area contributed by atoms with Gasteiger partial charge >= 0.3 is 0 Å². The summed E-state index contributed by atoms with van der Waals surface area (Å²) in [5, 5.41) is 4.85. The smallest absolute Gasteiger partial charge is 0.228 e. The van der Waals surface area contributed by atoms with Crippen LogP contribution in [0.5, 0.6) is 5.75 Å². The second-order valence-corrected chi connectivity index (χ2v) is 12.0. The molecule has 2 heterocycles. The highest BCUT2D eigenvalue weighted by Crippen LogP contribution is 2.44. The molecular weight excluding hydrogens is 410 g/mol. The zero-order valence-electron chi connectivity index (χ0n) is 22.1. The van der Waals surface area contributed by atoms with E-state index in [1.165, 1.54) is 16.7 Å². The SMILES string of the molecule is C/C=C(\C1=C(N(N)CCC(C)(C)c2cccc3c2OC(C)(C)C3)NC(=O)C(C)C1)C(C)(C)C. The van der Waals surface area contributed by atoms with Crippen LogP contribution in [0.15, 0.2) is 41.2 Å². The summed E-state index contributed by atoms with van der Waals surface area (Å²) in [5.74, 6) is 8.36. The third-order valence-electron chi connectivity index (χ3n) is 6.99. The molecule has 0 fully saturated rings. The van der Waals surface area contributed by atoms with Crippen molar-refractivity contribution in [2.45, 2.75) is 92.6 Å². The molecule has 1 atom stereocenters. The molecule has 1 amide bonds. The molecule has 5 heteroatoms. The topological polar surface area (TPSA) is 67.6 Å². The van der Waals surface area contributed by atoms with Crippen LogP contribution in [0.25, 0.3) is 0 Å². The van der Waals surface area contributed by atoms with E-state index in [4.69, 9.17) is 10.6 Å². The molecule has 1 aromatic rings. The number of carbonyl (C=O) groups is 1. The van der Waals surface area contributed by atoms with E-state index in [1.54, 1.807) is 5.01 Å². The van der Waals surface area contributed by atoms with Crippen LogP contribution in [0.4, 0.5) is 0 Å². The fourth-order valence-corrected chi connectivity index (χ4v) is 5.15. The zero-order valence-corrected chi connectivity index (χ0v) is 22.1. The molecule has 1 unspecified atom stereocenters. The molecule has 5 nitrogen and oxygen atoms in total. The minimum atomic E-state index is -0.174. The van der Waals surface area contributed by atoms with Crippen molar-refractivity contribution in [3.8, 4) is 5.75 Å². The molecule has 0 saturated heterocycles. The Morgan fingerprint density at radius 3 is 2.55 bits per heavy atom. The summed E-state index contributed by atoms with van der Waals surface area (Å²) in [4.78, 5) is 12.6. The number of nitrogens with one attached hydrogen (secondary N) is 1. The number of hydrogen-bond donors (Lipinski definition) is 2. The van der Waals surface area contributed by atoms with Gasteiger partial charge in [0.15, 0.2) is 0 Å². The third-order valence-corrected chi connectivity index (χ3v) is 6.99. The first kappa shape index (κ1) is 25.4. The van der Waals surface area contributed by atoms with Crippen LogP contribution in [0.2, 0.25) is 0 Å². The minimum Gasteiger partial charge on any atom is -0.487 e. The maximum Gasteiger partial charge on any atom is 0.228 e. The van der Waals surface area contributed by atoms with E-state index in [0.29, 0.717) is 13.0 Å². The number of amides is 1. The maximum absolute atomic E-state index is 12.6. The quantitative estimate of drug-likeness (QED) is 0.434. The molecule has 3 N–H and O–H groups in total. The van der Waals surface area contributed by atoms with Gasteiger partial charge in [-0.15, -0.1) is 0 Å². The molecular formula is C28H43N3O2. The first-order chi connectivity index (χ1) is 15.2. The highest BCUT2D eigenvalue weighted by atomic mass is 16.5. The number of allylic oxidation sites excluding steroid dienone is 3. The van der Waals surface area contributed by atoms with Crippen LogP contribution in [-0.4, -0.2) is 23.1 Å². The summed E-state index contributed by atoms with van der Waals surface area (Å²) in [5.41, 5.74) is 4.52. The van der Waals surface area contributed by atoms with Crippen molar-refractivity contribution in [1.82, 2.24) is 10.3 Å².